The Morgan fingerprint density at radius 3 is 2.38 bits per heavy atom. The largest absolute Gasteiger partial charge is 0.313 e. The third-order valence-electron chi connectivity index (χ3n) is 6.70. The van der Waals surface area contributed by atoms with Crippen molar-refractivity contribution >= 4 is 0 Å². The van der Waals surface area contributed by atoms with E-state index in [1.807, 2.05) is 0 Å². The first kappa shape index (κ1) is 15.3. The van der Waals surface area contributed by atoms with Crippen molar-refractivity contribution in [2.24, 2.45) is 17.1 Å². The zero-order valence-corrected chi connectivity index (χ0v) is 13.4. The van der Waals surface area contributed by atoms with Crippen LogP contribution in [-0.4, -0.2) is 30.1 Å². The molecule has 0 aromatic rings. The highest BCUT2D eigenvalue weighted by Gasteiger charge is 2.40. The van der Waals surface area contributed by atoms with Gasteiger partial charge in [0.1, 0.15) is 5.54 Å². The molecule has 2 aliphatic carbocycles. The molecule has 2 saturated carbocycles. The fourth-order valence-corrected chi connectivity index (χ4v) is 5.04. The normalized spacial score (nSPS) is 36.7. The molecular weight excluding hydrogens is 258 g/mol. The molecule has 0 amide bonds. The SMILES string of the molecule is N#CC1(N)CCCC1CCN1CCC2(CCCCC2)CC1. The highest BCUT2D eigenvalue weighted by atomic mass is 15.1. The van der Waals surface area contributed by atoms with E-state index >= 15 is 0 Å². The van der Waals surface area contributed by atoms with Crippen LogP contribution in [-0.2, 0) is 0 Å². The van der Waals surface area contributed by atoms with Crippen LogP contribution in [0.3, 0.4) is 0 Å². The molecular formula is C18H31N3. The molecule has 3 aliphatic rings. The molecule has 2 unspecified atom stereocenters. The Morgan fingerprint density at radius 1 is 1.00 bits per heavy atom. The van der Waals surface area contributed by atoms with E-state index < -0.39 is 5.54 Å². The smallest absolute Gasteiger partial charge is 0.107 e. The first-order chi connectivity index (χ1) is 10.2. The molecule has 21 heavy (non-hydrogen) atoms. The number of piperidine rings is 1. The van der Waals surface area contributed by atoms with Crippen molar-refractivity contribution in [1.29, 1.82) is 5.26 Å². The van der Waals surface area contributed by atoms with E-state index in [9.17, 15) is 5.26 Å². The van der Waals surface area contributed by atoms with Crippen molar-refractivity contribution in [2.45, 2.75) is 76.2 Å². The van der Waals surface area contributed by atoms with Gasteiger partial charge in [-0.3, -0.25) is 0 Å². The van der Waals surface area contributed by atoms with Gasteiger partial charge in [-0.15, -0.1) is 0 Å². The van der Waals surface area contributed by atoms with E-state index in [1.54, 1.807) is 0 Å². The van der Waals surface area contributed by atoms with Gasteiger partial charge in [-0.1, -0.05) is 25.7 Å². The quantitative estimate of drug-likeness (QED) is 0.866. The second-order valence-electron chi connectivity index (χ2n) is 7.93. The molecule has 1 heterocycles. The number of nitrogens with zero attached hydrogens (tertiary/aromatic N) is 2. The van der Waals surface area contributed by atoms with Gasteiger partial charge in [0.15, 0.2) is 0 Å². The summed E-state index contributed by atoms with van der Waals surface area (Å²) in [6.07, 6.45) is 14.5. The van der Waals surface area contributed by atoms with Gasteiger partial charge in [-0.05, 0) is 75.9 Å². The van der Waals surface area contributed by atoms with Gasteiger partial charge < -0.3 is 10.6 Å². The lowest BCUT2D eigenvalue weighted by Gasteiger charge is -2.44. The van der Waals surface area contributed by atoms with Gasteiger partial charge in [0.25, 0.3) is 0 Å². The van der Waals surface area contributed by atoms with Crippen LogP contribution >= 0.6 is 0 Å². The van der Waals surface area contributed by atoms with Crippen LogP contribution in [0, 0.1) is 22.7 Å². The summed E-state index contributed by atoms with van der Waals surface area (Å²) < 4.78 is 0. The Hall–Kier alpha value is -0.590. The number of hydrogen-bond acceptors (Lipinski definition) is 3. The van der Waals surface area contributed by atoms with E-state index in [-0.39, 0.29) is 0 Å². The summed E-state index contributed by atoms with van der Waals surface area (Å²) in [6.45, 7) is 3.70. The summed E-state index contributed by atoms with van der Waals surface area (Å²) in [5.41, 5.74) is 6.42. The monoisotopic (exact) mass is 289 g/mol. The van der Waals surface area contributed by atoms with Crippen LogP contribution < -0.4 is 5.73 Å². The van der Waals surface area contributed by atoms with Crippen LogP contribution in [0.2, 0.25) is 0 Å². The van der Waals surface area contributed by atoms with Crippen LogP contribution in [0.5, 0.6) is 0 Å². The van der Waals surface area contributed by atoms with Gasteiger partial charge >= 0.3 is 0 Å². The Bertz CT molecular complexity index is 384. The van der Waals surface area contributed by atoms with Gasteiger partial charge in [0.05, 0.1) is 6.07 Å². The molecule has 3 heteroatoms. The van der Waals surface area contributed by atoms with Crippen molar-refractivity contribution in [3.8, 4) is 6.07 Å². The standard InChI is InChI=1S/C18H31N3/c19-15-18(20)9-4-5-16(18)6-12-21-13-10-17(11-14-21)7-2-1-3-8-17/h16H,1-14,20H2. The Kier molecular flexibility index (Phi) is 4.57. The molecule has 0 aromatic carbocycles. The molecule has 0 radical (unpaired) electrons. The number of hydrogen-bond donors (Lipinski definition) is 1. The van der Waals surface area contributed by atoms with Crippen molar-refractivity contribution in [2.75, 3.05) is 19.6 Å². The van der Waals surface area contributed by atoms with Crippen LogP contribution in [0.4, 0.5) is 0 Å². The maximum atomic E-state index is 9.31. The molecule has 3 fully saturated rings. The minimum absolute atomic E-state index is 0.424. The summed E-state index contributed by atoms with van der Waals surface area (Å²) in [5, 5.41) is 9.31. The molecule has 118 valence electrons. The highest BCUT2D eigenvalue weighted by molar-refractivity contribution is 5.12. The van der Waals surface area contributed by atoms with Gasteiger partial charge in [0.2, 0.25) is 0 Å². The van der Waals surface area contributed by atoms with E-state index in [1.165, 1.54) is 58.0 Å². The summed E-state index contributed by atoms with van der Waals surface area (Å²) >= 11 is 0. The summed E-state index contributed by atoms with van der Waals surface area (Å²) in [5.74, 6) is 0.424. The van der Waals surface area contributed by atoms with E-state index in [0.29, 0.717) is 11.3 Å². The van der Waals surface area contributed by atoms with Crippen molar-refractivity contribution in [3.63, 3.8) is 0 Å². The number of likely N-dealkylation sites (tertiary alicyclic amines) is 1. The molecule has 3 nitrogen and oxygen atoms in total. The van der Waals surface area contributed by atoms with Crippen molar-refractivity contribution < 1.29 is 0 Å². The van der Waals surface area contributed by atoms with Crippen molar-refractivity contribution in [3.05, 3.63) is 0 Å². The molecule has 0 aromatic heterocycles. The van der Waals surface area contributed by atoms with Gasteiger partial charge in [0, 0.05) is 0 Å². The second kappa shape index (κ2) is 6.26. The predicted molar refractivity (Wildman–Crippen MR) is 85.7 cm³/mol. The fourth-order valence-electron chi connectivity index (χ4n) is 5.04. The zero-order chi connectivity index (χ0) is 14.8. The molecule has 1 aliphatic heterocycles. The average molecular weight is 289 g/mol. The number of nitriles is 1. The highest BCUT2D eigenvalue weighted by Crippen LogP contribution is 2.44. The minimum Gasteiger partial charge on any atom is -0.313 e. The van der Waals surface area contributed by atoms with Crippen LogP contribution in [0.1, 0.15) is 70.6 Å². The Labute approximate surface area is 129 Å². The number of nitrogens with two attached hydrogens (primary N) is 1. The lowest BCUT2D eigenvalue weighted by molar-refractivity contribution is 0.0640. The molecule has 2 N–H and O–H groups in total. The topological polar surface area (TPSA) is 53.1 Å². The van der Waals surface area contributed by atoms with E-state index in [4.69, 9.17) is 5.73 Å². The Morgan fingerprint density at radius 2 is 1.71 bits per heavy atom. The lowest BCUT2D eigenvalue weighted by Crippen LogP contribution is -2.45. The lowest BCUT2D eigenvalue weighted by atomic mass is 9.68. The minimum atomic E-state index is -0.527. The average Bonchev–Trinajstić information content (AvgIpc) is 2.89. The third kappa shape index (κ3) is 3.27. The molecule has 1 saturated heterocycles. The second-order valence-corrected chi connectivity index (χ2v) is 7.93. The van der Waals surface area contributed by atoms with Crippen molar-refractivity contribution in [1.82, 2.24) is 4.90 Å². The summed E-state index contributed by atoms with van der Waals surface area (Å²) in [7, 11) is 0. The predicted octanol–water partition coefficient (Wildman–Crippen LogP) is 3.44. The Balaban J connectivity index is 1.45. The maximum Gasteiger partial charge on any atom is 0.107 e. The first-order valence-electron chi connectivity index (χ1n) is 9.08. The maximum absolute atomic E-state index is 9.31. The zero-order valence-electron chi connectivity index (χ0n) is 13.4. The fraction of sp³-hybridized carbons (Fsp3) is 0.944. The third-order valence-corrected chi connectivity index (χ3v) is 6.70. The summed E-state index contributed by atoms with van der Waals surface area (Å²) in [4.78, 5) is 2.63. The summed E-state index contributed by atoms with van der Waals surface area (Å²) in [6, 6.07) is 2.38. The van der Waals surface area contributed by atoms with Gasteiger partial charge in [-0.2, -0.15) is 5.26 Å². The molecule has 2 atom stereocenters. The van der Waals surface area contributed by atoms with E-state index in [2.05, 4.69) is 11.0 Å². The van der Waals surface area contributed by atoms with Crippen LogP contribution in [0.25, 0.3) is 0 Å². The molecule has 0 bridgehead atoms. The van der Waals surface area contributed by atoms with Crippen LogP contribution in [0.15, 0.2) is 0 Å². The van der Waals surface area contributed by atoms with E-state index in [0.717, 1.165) is 32.2 Å². The molecule has 1 spiro atoms. The van der Waals surface area contributed by atoms with Gasteiger partial charge in [-0.25, -0.2) is 0 Å². The number of rotatable bonds is 3. The molecule has 3 rings (SSSR count). The first-order valence-corrected chi connectivity index (χ1v) is 9.08.